The maximum absolute atomic E-state index is 5.65. The van der Waals surface area contributed by atoms with E-state index < -0.39 is 0 Å². The number of ether oxygens (including phenoxy) is 1. The van der Waals surface area contributed by atoms with Gasteiger partial charge < -0.3 is 4.74 Å². The van der Waals surface area contributed by atoms with E-state index in [2.05, 4.69) is 18.0 Å². The van der Waals surface area contributed by atoms with E-state index in [4.69, 9.17) is 4.74 Å². The van der Waals surface area contributed by atoms with Crippen molar-refractivity contribution in [1.29, 1.82) is 0 Å². The lowest BCUT2D eigenvalue weighted by Gasteiger charge is -2.22. The molecule has 0 radical (unpaired) electrons. The van der Waals surface area contributed by atoms with Gasteiger partial charge in [0.25, 0.3) is 0 Å². The number of aromatic nitrogens is 1. The molecule has 1 aliphatic heterocycles. The average molecular weight is 163 g/mol. The largest absolute Gasteiger partial charge is 0.489 e. The molecule has 0 spiro atoms. The Bertz CT molecular complexity index is 296. The molecule has 12 heavy (non-hydrogen) atoms. The molecule has 1 aliphatic rings. The van der Waals surface area contributed by atoms with E-state index in [1.807, 2.05) is 13.1 Å². The molecule has 0 aromatic carbocycles. The van der Waals surface area contributed by atoms with Crippen molar-refractivity contribution in [2.75, 3.05) is 0 Å². The summed E-state index contributed by atoms with van der Waals surface area (Å²) in [5, 5.41) is 0. The van der Waals surface area contributed by atoms with Gasteiger partial charge in [0.05, 0.1) is 11.8 Å². The quantitative estimate of drug-likeness (QED) is 0.584. The summed E-state index contributed by atoms with van der Waals surface area (Å²) in [5.41, 5.74) is 2.28. The molecule has 0 amide bonds. The molecule has 0 N–H and O–H groups in total. The van der Waals surface area contributed by atoms with E-state index in [0.717, 1.165) is 24.3 Å². The SMILES string of the molecule is Cc1cnc2c(c1)OC(C)CC2. The summed E-state index contributed by atoms with van der Waals surface area (Å²) in [7, 11) is 0. The summed E-state index contributed by atoms with van der Waals surface area (Å²) in [6, 6.07) is 2.07. The Morgan fingerprint density at radius 3 is 3.25 bits per heavy atom. The first-order chi connectivity index (χ1) is 5.75. The van der Waals surface area contributed by atoms with Crippen LogP contribution in [0.5, 0.6) is 5.75 Å². The number of hydrogen-bond acceptors (Lipinski definition) is 2. The van der Waals surface area contributed by atoms with Gasteiger partial charge in [0.2, 0.25) is 0 Å². The van der Waals surface area contributed by atoms with Gasteiger partial charge in [-0.3, -0.25) is 4.98 Å². The van der Waals surface area contributed by atoms with Crippen LogP contribution in [0.2, 0.25) is 0 Å². The summed E-state index contributed by atoms with van der Waals surface area (Å²) in [4.78, 5) is 4.33. The second kappa shape index (κ2) is 2.77. The van der Waals surface area contributed by atoms with Crippen LogP contribution in [0.25, 0.3) is 0 Å². The first kappa shape index (κ1) is 7.59. The molecule has 0 fully saturated rings. The summed E-state index contributed by atoms with van der Waals surface area (Å²) < 4.78 is 5.65. The van der Waals surface area contributed by atoms with Crippen LogP contribution < -0.4 is 4.74 Å². The summed E-state index contributed by atoms with van der Waals surface area (Å²) in [6.07, 6.45) is 4.39. The van der Waals surface area contributed by atoms with Crippen molar-refractivity contribution >= 4 is 0 Å². The van der Waals surface area contributed by atoms with Crippen LogP contribution in [0, 0.1) is 6.92 Å². The first-order valence-electron chi connectivity index (χ1n) is 4.38. The number of aryl methyl sites for hydroxylation is 2. The lowest BCUT2D eigenvalue weighted by atomic mass is 10.1. The molecule has 1 aromatic heterocycles. The Hall–Kier alpha value is -1.05. The van der Waals surface area contributed by atoms with Gasteiger partial charge >= 0.3 is 0 Å². The zero-order valence-electron chi connectivity index (χ0n) is 7.50. The van der Waals surface area contributed by atoms with E-state index in [0.29, 0.717) is 6.10 Å². The number of hydrogen-bond donors (Lipinski definition) is 0. The summed E-state index contributed by atoms with van der Waals surface area (Å²) >= 11 is 0. The normalized spacial score (nSPS) is 21.3. The topological polar surface area (TPSA) is 22.1 Å². The molecule has 0 saturated heterocycles. The van der Waals surface area contributed by atoms with Crippen molar-refractivity contribution in [1.82, 2.24) is 4.98 Å². The second-order valence-electron chi connectivity index (χ2n) is 3.42. The van der Waals surface area contributed by atoms with E-state index >= 15 is 0 Å². The minimum absolute atomic E-state index is 0.348. The molecule has 1 atom stereocenters. The summed E-state index contributed by atoms with van der Waals surface area (Å²) in [5.74, 6) is 0.980. The Morgan fingerprint density at radius 2 is 2.42 bits per heavy atom. The van der Waals surface area contributed by atoms with Gasteiger partial charge in [-0.2, -0.15) is 0 Å². The number of rotatable bonds is 0. The minimum Gasteiger partial charge on any atom is -0.489 e. The highest BCUT2D eigenvalue weighted by atomic mass is 16.5. The zero-order chi connectivity index (χ0) is 8.55. The van der Waals surface area contributed by atoms with Gasteiger partial charge in [0.1, 0.15) is 5.75 Å². The third-order valence-electron chi connectivity index (χ3n) is 2.18. The fourth-order valence-electron chi connectivity index (χ4n) is 1.48. The average Bonchev–Trinajstić information content (AvgIpc) is 2.03. The van der Waals surface area contributed by atoms with Gasteiger partial charge in [-0.05, 0) is 38.3 Å². The molecule has 0 saturated carbocycles. The molecular formula is C10H13NO. The lowest BCUT2D eigenvalue weighted by Crippen LogP contribution is -2.19. The van der Waals surface area contributed by atoms with Crippen LogP contribution in [0.4, 0.5) is 0 Å². The monoisotopic (exact) mass is 163 g/mol. The van der Waals surface area contributed by atoms with Crippen molar-refractivity contribution in [2.24, 2.45) is 0 Å². The fraction of sp³-hybridized carbons (Fsp3) is 0.500. The third-order valence-corrected chi connectivity index (χ3v) is 2.18. The number of nitrogens with zero attached hydrogens (tertiary/aromatic N) is 1. The maximum Gasteiger partial charge on any atom is 0.141 e. The maximum atomic E-state index is 5.65. The fourth-order valence-corrected chi connectivity index (χ4v) is 1.48. The van der Waals surface area contributed by atoms with Crippen molar-refractivity contribution in [3.63, 3.8) is 0 Å². The first-order valence-corrected chi connectivity index (χ1v) is 4.38. The van der Waals surface area contributed by atoms with E-state index in [1.54, 1.807) is 0 Å². The van der Waals surface area contributed by atoms with Gasteiger partial charge in [-0.15, -0.1) is 0 Å². The smallest absolute Gasteiger partial charge is 0.141 e. The molecule has 1 aromatic rings. The van der Waals surface area contributed by atoms with Crippen LogP contribution in [-0.4, -0.2) is 11.1 Å². The lowest BCUT2D eigenvalue weighted by molar-refractivity contribution is 0.190. The van der Waals surface area contributed by atoms with Gasteiger partial charge in [0.15, 0.2) is 0 Å². The van der Waals surface area contributed by atoms with Crippen LogP contribution in [-0.2, 0) is 6.42 Å². The Labute approximate surface area is 72.6 Å². The number of fused-ring (bicyclic) bond motifs is 1. The van der Waals surface area contributed by atoms with Gasteiger partial charge in [-0.25, -0.2) is 0 Å². The van der Waals surface area contributed by atoms with Crippen molar-refractivity contribution in [3.05, 3.63) is 23.5 Å². The second-order valence-corrected chi connectivity index (χ2v) is 3.42. The summed E-state index contributed by atoms with van der Waals surface area (Å²) in [6.45, 7) is 4.14. The van der Waals surface area contributed by atoms with E-state index in [9.17, 15) is 0 Å². The van der Waals surface area contributed by atoms with Crippen LogP contribution in [0.15, 0.2) is 12.3 Å². The molecule has 64 valence electrons. The highest BCUT2D eigenvalue weighted by molar-refractivity contribution is 5.32. The van der Waals surface area contributed by atoms with Crippen molar-refractivity contribution < 1.29 is 4.74 Å². The standard InChI is InChI=1S/C10H13NO/c1-7-5-10-9(11-6-7)4-3-8(2)12-10/h5-6,8H,3-4H2,1-2H3. The molecule has 2 heterocycles. The van der Waals surface area contributed by atoms with Crippen LogP contribution in [0.3, 0.4) is 0 Å². The van der Waals surface area contributed by atoms with Crippen molar-refractivity contribution in [2.45, 2.75) is 32.8 Å². The van der Waals surface area contributed by atoms with Crippen LogP contribution >= 0.6 is 0 Å². The molecular weight excluding hydrogens is 150 g/mol. The predicted molar refractivity (Wildman–Crippen MR) is 47.4 cm³/mol. The molecule has 2 nitrogen and oxygen atoms in total. The highest BCUT2D eigenvalue weighted by Crippen LogP contribution is 2.25. The molecule has 1 unspecified atom stereocenters. The van der Waals surface area contributed by atoms with Crippen LogP contribution in [0.1, 0.15) is 24.6 Å². The molecule has 2 heteroatoms. The Kier molecular flexibility index (Phi) is 1.75. The minimum atomic E-state index is 0.348. The Morgan fingerprint density at radius 1 is 1.58 bits per heavy atom. The van der Waals surface area contributed by atoms with E-state index in [-0.39, 0.29) is 0 Å². The third kappa shape index (κ3) is 1.29. The van der Waals surface area contributed by atoms with E-state index in [1.165, 1.54) is 5.56 Å². The van der Waals surface area contributed by atoms with Gasteiger partial charge in [0, 0.05) is 6.20 Å². The zero-order valence-corrected chi connectivity index (χ0v) is 7.50. The highest BCUT2D eigenvalue weighted by Gasteiger charge is 2.16. The Balaban J connectivity index is 2.37. The molecule has 0 aliphatic carbocycles. The molecule has 0 bridgehead atoms. The number of pyridine rings is 1. The predicted octanol–water partition coefficient (Wildman–Crippen LogP) is 2.10. The van der Waals surface area contributed by atoms with Gasteiger partial charge in [-0.1, -0.05) is 0 Å². The molecule has 2 rings (SSSR count). The van der Waals surface area contributed by atoms with Crippen molar-refractivity contribution in [3.8, 4) is 5.75 Å².